The van der Waals surface area contributed by atoms with E-state index in [1.807, 2.05) is 23.1 Å². The molecule has 5 rings (SSSR count). The van der Waals surface area contributed by atoms with Crippen LogP contribution in [0.1, 0.15) is 47.8 Å². The highest BCUT2D eigenvalue weighted by atomic mass is 32.2. The molecule has 0 aliphatic carbocycles. The van der Waals surface area contributed by atoms with Crippen LogP contribution in [0.2, 0.25) is 0 Å². The minimum absolute atomic E-state index is 0.0523. The Balaban J connectivity index is 1.55. The van der Waals surface area contributed by atoms with Crippen molar-refractivity contribution in [2.45, 2.75) is 37.6 Å². The largest absolute Gasteiger partial charge is 0.497 e. The van der Waals surface area contributed by atoms with Crippen LogP contribution in [0.25, 0.3) is 0 Å². The van der Waals surface area contributed by atoms with Crippen LogP contribution < -0.4 is 14.4 Å². The van der Waals surface area contributed by atoms with Crippen molar-refractivity contribution in [2.75, 3.05) is 31.4 Å². The quantitative estimate of drug-likeness (QED) is 0.443. The summed E-state index contributed by atoms with van der Waals surface area (Å²) in [7, 11) is 3.19. The molecule has 1 saturated heterocycles. The zero-order valence-corrected chi connectivity index (χ0v) is 22.7. The molecule has 192 valence electrons. The maximum Gasteiger partial charge on any atom is 0.268 e. The van der Waals surface area contributed by atoms with E-state index in [1.165, 1.54) is 17.3 Å². The second-order valence-electron chi connectivity index (χ2n) is 10.4. The number of nitrogens with zero attached hydrogens (tertiary/aromatic N) is 2. The molecule has 1 spiro atoms. The number of rotatable bonds is 5. The number of anilines is 1. The van der Waals surface area contributed by atoms with Crippen LogP contribution in [0.3, 0.4) is 0 Å². The van der Waals surface area contributed by atoms with E-state index in [-0.39, 0.29) is 17.2 Å². The van der Waals surface area contributed by atoms with Crippen molar-refractivity contribution < 1.29 is 19.1 Å². The van der Waals surface area contributed by atoms with Gasteiger partial charge in [-0.25, -0.2) is 0 Å². The van der Waals surface area contributed by atoms with Crippen LogP contribution in [0.4, 0.5) is 5.69 Å². The molecular weight excluding hydrogens is 484 g/mol. The van der Waals surface area contributed by atoms with Crippen molar-refractivity contribution in [2.24, 2.45) is 0 Å². The Morgan fingerprint density at radius 3 is 2.35 bits per heavy atom. The topological polar surface area (TPSA) is 59.1 Å². The number of hydrogen-bond donors (Lipinski definition) is 0. The van der Waals surface area contributed by atoms with Gasteiger partial charge in [0.1, 0.15) is 11.5 Å². The summed E-state index contributed by atoms with van der Waals surface area (Å²) in [6.07, 6.45) is 0. The van der Waals surface area contributed by atoms with E-state index in [2.05, 4.69) is 45.0 Å². The molecule has 3 aromatic rings. The second-order valence-corrected chi connectivity index (χ2v) is 11.7. The first kappa shape index (κ1) is 25.2. The number of methoxy groups -OCH3 is 2. The molecule has 0 unspecified atom stereocenters. The summed E-state index contributed by atoms with van der Waals surface area (Å²) in [5.41, 5.74) is 4.43. The van der Waals surface area contributed by atoms with E-state index < -0.39 is 4.87 Å². The summed E-state index contributed by atoms with van der Waals surface area (Å²) in [6, 6.07) is 21.2. The Kier molecular flexibility index (Phi) is 6.44. The van der Waals surface area contributed by atoms with Crippen molar-refractivity contribution in [3.63, 3.8) is 0 Å². The van der Waals surface area contributed by atoms with Gasteiger partial charge in [0, 0.05) is 23.4 Å². The van der Waals surface area contributed by atoms with Gasteiger partial charge in [0.25, 0.3) is 11.8 Å². The molecule has 6 nitrogen and oxygen atoms in total. The highest BCUT2D eigenvalue weighted by molar-refractivity contribution is 8.01. The zero-order valence-electron chi connectivity index (χ0n) is 21.9. The fourth-order valence-corrected chi connectivity index (χ4v) is 6.53. The number of thioether (sulfide) groups is 1. The Morgan fingerprint density at radius 2 is 1.68 bits per heavy atom. The van der Waals surface area contributed by atoms with E-state index in [0.29, 0.717) is 35.9 Å². The molecule has 0 radical (unpaired) electrons. The lowest BCUT2D eigenvalue weighted by molar-refractivity contribution is -0.123. The highest BCUT2D eigenvalue weighted by Gasteiger charge is 2.59. The first-order valence-corrected chi connectivity index (χ1v) is 13.4. The van der Waals surface area contributed by atoms with Gasteiger partial charge in [0.05, 0.1) is 26.5 Å². The van der Waals surface area contributed by atoms with Crippen LogP contribution in [-0.2, 0) is 21.6 Å². The Hall–Kier alpha value is -3.45. The predicted octanol–water partition coefficient (Wildman–Crippen LogP) is 5.59. The van der Waals surface area contributed by atoms with Crippen LogP contribution >= 0.6 is 11.8 Å². The molecular formula is C30H32N2O4S. The van der Waals surface area contributed by atoms with Crippen molar-refractivity contribution in [3.8, 4) is 11.5 Å². The molecule has 1 atom stereocenters. The lowest BCUT2D eigenvalue weighted by atomic mass is 9.87. The molecule has 7 heteroatoms. The van der Waals surface area contributed by atoms with Gasteiger partial charge in [-0.05, 0) is 52.9 Å². The van der Waals surface area contributed by atoms with Gasteiger partial charge in [-0.2, -0.15) is 0 Å². The number of carbonyl (C=O) groups is 2. The first-order chi connectivity index (χ1) is 17.7. The Labute approximate surface area is 222 Å². The van der Waals surface area contributed by atoms with Gasteiger partial charge in [-0.1, -0.05) is 51.1 Å². The fraction of sp³-hybridized carbons (Fsp3) is 0.333. The fourth-order valence-electron chi connectivity index (χ4n) is 5.08. The van der Waals surface area contributed by atoms with E-state index in [0.717, 1.165) is 16.8 Å². The van der Waals surface area contributed by atoms with Crippen molar-refractivity contribution in [1.82, 2.24) is 4.90 Å². The summed E-state index contributed by atoms with van der Waals surface area (Å²) in [4.78, 5) is 30.6. The van der Waals surface area contributed by atoms with E-state index in [1.54, 1.807) is 43.4 Å². The van der Waals surface area contributed by atoms with Gasteiger partial charge in [-0.15, -0.1) is 11.8 Å². The molecule has 2 amide bonds. The summed E-state index contributed by atoms with van der Waals surface area (Å²) in [6.45, 7) is 7.45. The number of fused-ring (bicyclic) bond motifs is 2. The smallest absolute Gasteiger partial charge is 0.268 e. The van der Waals surface area contributed by atoms with Crippen molar-refractivity contribution in [1.29, 1.82) is 0 Å². The van der Waals surface area contributed by atoms with Gasteiger partial charge < -0.3 is 19.3 Å². The molecule has 0 saturated carbocycles. The van der Waals surface area contributed by atoms with Gasteiger partial charge >= 0.3 is 0 Å². The van der Waals surface area contributed by atoms with Crippen LogP contribution in [0.5, 0.6) is 11.5 Å². The van der Waals surface area contributed by atoms with Crippen LogP contribution in [0.15, 0.2) is 66.7 Å². The van der Waals surface area contributed by atoms with E-state index in [4.69, 9.17) is 9.47 Å². The summed E-state index contributed by atoms with van der Waals surface area (Å²) in [5, 5.41) is 0. The first-order valence-electron chi connectivity index (χ1n) is 12.4. The third-order valence-electron chi connectivity index (χ3n) is 7.12. The average Bonchev–Trinajstić information content (AvgIpc) is 3.44. The average molecular weight is 517 g/mol. The summed E-state index contributed by atoms with van der Waals surface area (Å²) < 4.78 is 10.9. The number of benzene rings is 3. The molecule has 2 aliphatic rings. The molecule has 0 N–H and O–H groups in total. The number of hydrogen-bond acceptors (Lipinski definition) is 5. The predicted molar refractivity (Wildman–Crippen MR) is 147 cm³/mol. The van der Waals surface area contributed by atoms with E-state index in [9.17, 15) is 9.59 Å². The lowest BCUT2D eigenvalue weighted by Gasteiger charge is -2.33. The normalized spacial score (nSPS) is 18.9. The van der Waals surface area contributed by atoms with Gasteiger partial charge in [0.2, 0.25) is 0 Å². The van der Waals surface area contributed by atoms with Crippen LogP contribution in [-0.4, -0.2) is 43.2 Å². The molecule has 0 bridgehead atoms. The Bertz CT molecular complexity index is 1350. The highest BCUT2D eigenvalue weighted by Crippen LogP contribution is 2.55. The number of carbonyl (C=O) groups excluding carboxylic acids is 2. The monoisotopic (exact) mass is 516 g/mol. The summed E-state index contributed by atoms with van der Waals surface area (Å²) >= 11 is 1.51. The standard InChI is InChI=1S/C30H32N2O4S/c1-29(2,3)22-11-9-20(10-12-22)19-31-26-14-13-24(36-5)18-25(26)30(28(31)34)32(15-16-37-30)27(33)21-7-6-8-23(17-21)35-4/h6-14,17-18H,15-16,19H2,1-5H3/t30-/m0/s1. The Morgan fingerprint density at radius 1 is 0.973 bits per heavy atom. The third kappa shape index (κ3) is 4.25. The van der Waals surface area contributed by atoms with Crippen molar-refractivity contribution in [3.05, 3.63) is 89.0 Å². The van der Waals surface area contributed by atoms with Gasteiger partial charge in [0.15, 0.2) is 4.87 Å². The maximum absolute atomic E-state index is 14.3. The minimum atomic E-state index is -1.14. The maximum atomic E-state index is 14.3. The van der Waals surface area contributed by atoms with Gasteiger partial charge in [-0.3, -0.25) is 9.59 Å². The number of amides is 2. The molecule has 2 aliphatic heterocycles. The molecule has 3 aromatic carbocycles. The third-order valence-corrected chi connectivity index (χ3v) is 8.54. The zero-order chi connectivity index (χ0) is 26.4. The molecule has 1 fully saturated rings. The SMILES string of the molecule is COc1cccc(C(=O)N2CCS[C@@]23C(=O)N(Cc2ccc(C(C)(C)C)cc2)c2ccc(OC)cc23)c1. The number of ether oxygens (including phenoxy) is 2. The molecule has 0 aromatic heterocycles. The van der Waals surface area contributed by atoms with Crippen LogP contribution in [0, 0.1) is 0 Å². The molecule has 2 heterocycles. The lowest BCUT2D eigenvalue weighted by Crippen LogP contribution is -2.50. The summed E-state index contributed by atoms with van der Waals surface area (Å²) in [5.74, 6) is 1.62. The minimum Gasteiger partial charge on any atom is -0.497 e. The molecule has 37 heavy (non-hydrogen) atoms. The second kappa shape index (κ2) is 9.45. The van der Waals surface area contributed by atoms with E-state index >= 15 is 0 Å². The van der Waals surface area contributed by atoms with Crippen molar-refractivity contribution >= 4 is 29.3 Å².